The molecule has 1 heterocycles. The van der Waals surface area contributed by atoms with Crippen LogP contribution in [0.15, 0.2) is 23.2 Å². The summed E-state index contributed by atoms with van der Waals surface area (Å²) in [6.07, 6.45) is 4.83. The number of nitrogens with one attached hydrogen (secondary N) is 1. The number of rotatable bonds is 1. The van der Waals surface area contributed by atoms with Crippen molar-refractivity contribution in [2.75, 3.05) is 11.1 Å². The van der Waals surface area contributed by atoms with E-state index in [1.807, 2.05) is 0 Å². The average Bonchev–Trinajstić information content (AvgIpc) is 2.75. The lowest BCUT2D eigenvalue weighted by molar-refractivity contribution is 0.273. The summed E-state index contributed by atoms with van der Waals surface area (Å²) in [7, 11) is 0. The molecule has 1 aliphatic heterocycles. The van der Waals surface area contributed by atoms with Crippen molar-refractivity contribution in [3.05, 3.63) is 29.0 Å². The largest absolute Gasteiger partial charge is 0.335 e. The molecule has 0 unspecified atom stereocenters. The summed E-state index contributed by atoms with van der Waals surface area (Å²) in [5, 5.41) is 4.48. The summed E-state index contributed by atoms with van der Waals surface area (Å²) in [4.78, 5) is 4.87. The van der Waals surface area contributed by atoms with Gasteiger partial charge < -0.3 is 5.32 Å². The van der Waals surface area contributed by atoms with Crippen LogP contribution in [0.1, 0.15) is 32.6 Å². The first-order valence-corrected chi connectivity index (χ1v) is 8.37. The lowest BCUT2D eigenvalue weighted by atomic mass is 9.79. The van der Waals surface area contributed by atoms with E-state index in [4.69, 9.17) is 16.6 Å². The summed E-state index contributed by atoms with van der Waals surface area (Å²) in [6.45, 7) is 2.31. The molecule has 1 saturated carbocycles. The molecule has 1 aromatic carbocycles. The minimum absolute atomic E-state index is 0.108. The molecule has 0 radical (unpaired) electrons. The van der Waals surface area contributed by atoms with Crippen LogP contribution in [-0.2, 0) is 0 Å². The van der Waals surface area contributed by atoms with Gasteiger partial charge in [-0.3, -0.25) is 4.99 Å². The van der Waals surface area contributed by atoms with E-state index >= 15 is 0 Å². The zero-order valence-electron chi connectivity index (χ0n) is 11.5. The van der Waals surface area contributed by atoms with E-state index in [-0.39, 0.29) is 11.4 Å². The first kappa shape index (κ1) is 14.2. The van der Waals surface area contributed by atoms with Crippen molar-refractivity contribution in [1.82, 2.24) is 0 Å². The van der Waals surface area contributed by atoms with Crippen molar-refractivity contribution in [1.29, 1.82) is 0 Å². The van der Waals surface area contributed by atoms with Crippen molar-refractivity contribution >= 4 is 34.2 Å². The van der Waals surface area contributed by atoms with Crippen molar-refractivity contribution in [3.8, 4) is 0 Å². The normalized spacial score (nSPS) is 29.6. The zero-order chi connectivity index (χ0) is 14.2. The number of hydrogen-bond donors (Lipinski definition) is 1. The summed E-state index contributed by atoms with van der Waals surface area (Å²) in [5.41, 5.74) is 0.777. The molecule has 0 saturated heterocycles. The van der Waals surface area contributed by atoms with Gasteiger partial charge in [-0.2, -0.15) is 0 Å². The Morgan fingerprint density at radius 1 is 1.35 bits per heavy atom. The van der Waals surface area contributed by atoms with Crippen LogP contribution >= 0.6 is 23.4 Å². The fourth-order valence-electron chi connectivity index (χ4n) is 2.85. The van der Waals surface area contributed by atoms with Gasteiger partial charge in [0.1, 0.15) is 5.82 Å². The first-order chi connectivity index (χ1) is 9.55. The number of aliphatic imine (C=N–C) groups is 1. The summed E-state index contributed by atoms with van der Waals surface area (Å²) in [5.74, 6) is 1.52. The van der Waals surface area contributed by atoms with Gasteiger partial charge in [0.25, 0.3) is 0 Å². The van der Waals surface area contributed by atoms with Gasteiger partial charge in [-0.25, -0.2) is 4.39 Å². The quantitative estimate of drug-likeness (QED) is 0.794. The standard InChI is InChI=1S/C15H18ClFN2S/c1-10-2-4-15(5-3-10)9-20-14(19-15)18-13-7-11(16)6-12(17)8-13/h6-8,10H,2-5,9H2,1H3,(H,18,19). The highest BCUT2D eigenvalue weighted by Gasteiger charge is 2.38. The third-order valence-corrected chi connectivity index (χ3v) is 5.50. The second kappa shape index (κ2) is 5.57. The molecule has 1 aromatic rings. The van der Waals surface area contributed by atoms with Crippen molar-refractivity contribution in [2.24, 2.45) is 10.9 Å². The summed E-state index contributed by atoms with van der Waals surface area (Å²) < 4.78 is 13.3. The van der Waals surface area contributed by atoms with Gasteiger partial charge in [-0.05, 0) is 49.8 Å². The first-order valence-electron chi connectivity index (χ1n) is 7.00. The molecule has 20 heavy (non-hydrogen) atoms. The number of thioether (sulfide) groups is 1. The van der Waals surface area contributed by atoms with E-state index in [0.717, 1.165) is 29.7 Å². The van der Waals surface area contributed by atoms with Gasteiger partial charge in [-0.15, -0.1) is 0 Å². The molecule has 1 fully saturated rings. The van der Waals surface area contributed by atoms with E-state index in [9.17, 15) is 4.39 Å². The monoisotopic (exact) mass is 312 g/mol. The second-order valence-corrected chi connectivity index (χ2v) is 7.30. The highest BCUT2D eigenvalue weighted by molar-refractivity contribution is 8.14. The fraction of sp³-hybridized carbons (Fsp3) is 0.533. The van der Waals surface area contributed by atoms with Crippen LogP contribution in [0.3, 0.4) is 0 Å². The van der Waals surface area contributed by atoms with Crippen molar-refractivity contribution in [3.63, 3.8) is 0 Å². The maximum Gasteiger partial charge on any atom is 0.161 e. The van der Waals surface area contributed by atoms with Crippen molar-refractivity contribution < 1.29 is 4.39 Å². The smallest absolute Gasteiger partial charge is 0.161 e. The molecule has 1 aliphatic carbocycles. The van der Waals surface area contributed by atoms with Gasteiger partial charge in [0.2, 0.25) is 0 Å². The summed E-state index contributed by atoms with van der Waals surface area (Å²) >= 11 is 7.60. The maximum absolute atomic E-state index is 13.3. The highest BCUT2D eigenvalue weighted by atomic mass is 35.5. The molecule has 0 amide bonds. The molecule has 3 rings (SSSR count). The number of benzene rings is 1. The van der Waals surface area contributed by atoms with Gasteiger partial charge in [0, 0.05) is 16.5 Å². The van der Waals surface area contributed by atoms with E-state index < -0.39 is 0 Å². The Kier molecular flexibility index (Phi) is 3.95. The van der Waals surface area contributed by atoms with Crippen molar-refractivity contribution in [2.45, 2.75) is 38.1 Å². The van der Waals surface area contributed by atoms with Crippen LogP contribution < -0.4 is 5.32 Å². The molecule has 2 aliphatic rings. The van der Waals surface area contributed by atoms with Crippen LogP contribution in [0.4, 0.5) is 10.1 Å². The molecular weight excluding hydrogens is 295 g/mol. The fourth-order valence-corrected chi connectivity index (χ4v) is 4.28. The van der Waals surface area contributed by atoms with E-state index in [1.54, 1.807) is 17.8 Å². The lowest BCUT2D eigenvalue weighted by Crippen LogP contribution is -2.32. The molecule has 1 N–H and O–H groups in total. The SMILES string of the molecule is CC1CCC2(CC1)CSC(Nc1cc(F)cc(Cl)c1)=N2. The van der Waals surface area contributed by atoms with Gasteiger partial charge >= 0.3 is 0 Å². The Morgan fingerprint density at radius 2 is 2.10 bits per heavy atom. The average molecular weight is 313 g/mol. The minimum Gasteiger partial charge on any atom is -0.335 e. The van der Waals surface area contributed by atoms with Gasteiger partial charge in [0.05, 0.1) is 5.54 Å². The van der Waals surface area contributed by atoms with Crippen LogP contribution in [0, 0.1) is 11.7 Å². The molecule has 0 aromatic heterocycles. The second-order valence-electron chi connectivity index (χ2n) is 5.90. The molecule has 108 valence electrons. The zero-order valence-corrected chi connectivity index (χ0v) is 13.0. The number of nitrogens with zero attached hydrogens (tertiary/aromatic N) is 1. The third-order valence-electron chi connectivity index (χ3n) is 4.14. The van der Waals surface area contributed by atoms with E-state index in [0.29, 0.717) is 10.7 Å². The maximum atomic E-state index is 13.3. The van der Waals surface area contributed by atoms with Crippen LogP contribution in [0.5, 0.6) is 0 Å². The predicted molar refractivity (Wildman–Crippen MR) is 85.3 cm³/mol. The van der Waals surface area contributed by atoms with Gasteiger partial charge in [0.15, 0.2) is 5.17 Å². The Hall–Kier alpha value is -0.740. The summed E-state index contributed by atoms with van der Waals surface area (Å²) in [6, 6.07) is 4.48. The molecule has 0 bridgehead atoms. The Balaban J connectivity index is 1.72. The van der Waals surface area contributed by atoms with Crippen LogP contribution in [-0.4, -0.2) is 16.5 Å². The minimum atomic E-state index is -0.329. The van der Waals surface area contributed by atoms with Gasteiger partial charge in [-0.1, -0.05) is 30.3 Å². The topological polar surface area (TPSA) is 24.4 Å². The third kappa shape index (κ3) is 3.12. The number of halogens is 2. The predicted octanol–water partition coefficient (Wildman–Crippen LogP) is 4.94. The molecule has 1 spiro atoms. The number of hydrogen-bond acceptors (Lipinski definition) is 3. The Labute approximate surface area is 128 Å². The highest BCUT2D eigenvalue weighted by Crippen LogP contribution is 2.41. The number of amidine groups is 1. The lowest BCUT2D eigenvalue weighted by Gasteiger charge is -2.32. The van der Waals surface area contributed by atoms with Crippen LogP contribution in [0.25, 0.3) is 0 Å². The molecule has 5 heteroatoms. The van der Waals surface area contributed by atoms with E-state index in [1.165, 1.54) is 25.0 Å². The molecule has 2 nitrogen and oxygen atoms in total. The Bertz CT molecular complexity index is 518. The van der Waals surface area contributed by atoms with Crippen LogP contribution in [0.2, 0.25) is 5.02 Å². The number of anilines is 1. The molecular formula is C15H18ClFN2S. The molecule has 0 atom stereocenters. The Morgan fingerprint density at radius 3 is 2.80 bits per heavy atom. The van der Waals surface area contributed by atoms with E-state index in [2.05, 4.69) is 12.2 Å².